The van der Waals surface area contributed by atoms with E-state index >= 15 is 0 Å². The molecule has 160 valence electrons. The third-order valence-electron chi connectivity index (χ3n) is 4.96. The zero-order valence-corrected chi connectivity index (χ0v) is 18.0. The lowest BCUT2D eigenvalue weighted by Crippen LogP contribution is -2.09. The molecule has 0 radical (unpaired) electrons. The summed E-state index contributed by atoms with van der Waals surface area (Å²) >= 11 is 0. The van der Waals surface area contributed by atoms with Gasteiger partial charge in [-0.3, -0.25) is 9.78 Å². The number of benzene rings is 2. The van der Waals surface area contributed by atoms with Gasteiger partial charge < -0.3 is 10.1 Å². The topological polar surface area (TPSA) is 69.0 Å². The Labute approximate surface area is 187 Å². The van der Waals surface area contributed by atoms with Crippen molar-refractivity contribution < 1.29 is 9.53 Å². The average molecular weight is 425 g/mol. The number of ether oxygens (including phenoxy) is 1. The van der Waals surface area contributed by atoms with Gasteiger partial charge in [0.2, 0.25) is 5.91 Å². The molecule has 0 aliphatic carbocycles. The van der Waals surface area contributed by atoms with Crippen molar-refractivity contribution in [3.63, 3.8) is 0 Å². The molecule has 1 amide bonds. The second kappa shape index (κ2) is 9.75. The highest BCUT2D eigenvalue weighted by molar-refractivity contribution is 6.02. The number of amides is 1. The van der Waals surface area contributed by atoms with Crippen molar-refractivity contribution in [1.29, 1.82) is 0 Å². The number of nitrogens with one attached hydrogen (secondary N) is 1. The van der Waals surface area contributed by atoms with Gasteiger partial charge in [0.15, 0.2) is 0 Å². The summed E-state index contributed by atoms with van der Waals surface area (Å²) < 4.78 is 7.57. The minimum Gasteiger partial charge on any atom is -0.487 e. The maximum atomic E-state index is 12.5. The molecule has 0 saturated carbocycles. The number of anilines is 1. The molecule has 0 fully saturated rings. The summed E-state index contributed by atoms with van der Waals surface area (Å²) in [6, 6.07) is 23.1. The van der Waals surface area contributed by atoms with E-state index in [1.165, 1.54) is 6.08 Å². The van der Waals surface area contributed by atoms with Crippen molar-refractivity contribution in [2.45, 2.75) is 20.5 Å². The van der Waals surface area contributed by atoms with E-state index in [0.717, 1.165) is 39.8 Å². The summed E-state index contributed by atoms with van der Waals surface area (Å²) in [6.45, 7) is 4.24. The number of carbonyl (C=O) groups is 1. The van der Waals surface area contributed by atoms with Gasteiger partial charge in [0.05, 0.1) is 28.5 Å². The van der Waals surface area contributed by atoms with Crippen LogP contribution in [-0.4, -0.2) is 20.7 Å². The molecule has 0 aliphatic rings. The molecule has 0 spiro atoms. The van der Waals surface area contributed by atoms with E-state index in [2.05, 4.69) is 15.4 Å². The van der Waals surface area contributed by atoms with Crippen LogP contribution in [0.4, 0.5) is 5.69 Å². The van der Waals surface area contributed by atoms with Crippen LogP contribution in [0.1, 0.15) is 22.6 Å². The first-order valence-corrected chi connectivity index (χ1v) is 10.3. The Morgan fingerprint density at radius 3 is 2.47 bits per heavy atom. The van der Waals surface area contributed by atoms with Crippen molar-refractivity contribution in [1.82, 2.24) is 14.8 Å². The van der Waals surface area contributed by atoms with E-state index < -0.39 is 0 Å². The van der Waals surface area contributed by atoms with Crippen molar-refractivity contribution in [3.8, 4) is 11.4 Å². The smallest absolute Gasteiger partial charge is 0.248 e. The summed E-state index contributed by atoms with van der Waals surface area (Å²) in [5.41, 5.74) is 5.09. The highest BCUT2D eigenvalue weighted by atomic mass is 16.5. The predicted molar refractivity (Wildman–Crippen MR) is 126 cm³/mol. The van der Waals surface area contributed by atoms with Gasteiger partial charge in [-0.05, 0) is 61.9 Å². The molecule has 6 nitrogen and oxygen atoms in total. The molecule has 1 N–H and O–H groups in total. The third-order valence-corrected chi connectivity index (χ3v) is 4.96. The standard InChI is InChI=1S/C26H24N4O2/c1-19-26(20(2)30(29-19)23-9-4-3-5-10-23)28-25(31)16-13-21-11-14-24(15-12-21)32-18-22-8-6-7-17-27-22/h3-17H,18H2,1-2H3,(H,28,31)/b16-13+. The maximum Gasteiger partial charge on any atom is 0.248 e. The molecule has 0 bridgehead atoms. The number of aromatic nitrogens is 3. The zero-order chi connectivity index (χ0) is 22.3. The van der Waals surface area contributed by atoms with Crippen LogP contribution < -0.4 is 10.1 Å². The minimum absolute atomic E-state index is 0.209. The first-order valence-electron chi connectivity index (χ1n) is 10.3. The highest BCUT2D eigenvalue weighted by Crippen LogP contribution is 2.23. The van der Waals surface area contributed by atoms with Gasteiger partial charge in [0.1, 0.15) is 12.4 Å². The first kappa shape index (κ1) is 21.1. The van der Waals surface area contributed by atoms with Crippen molar-refractivity contribution in [2.75, 3.05) is 5.32 Å². The number of aryl methyl sites for hydroxylation is 1. The SMILES string of the molecule is Cc1nn(-c2ccccc2)c(C)c1NC(=O)/C=C/c1ccc(OCc2ccccn2)cc1. The van der Waals surface area contributed by atoms with Gasteiger partial charge in [0.25, 0.3) is 0 Å². The number of para-hydroxylation sites is 1. The molecule has 0 atom stereocenters. The van der Waals surface area contributed by atoms with Crippen molar-refractivity contribution in [3.05, 3.63) is 108 Å². The molecule has 4 aromatic rings. The lowest BCUT2D eigenvalue weighted by atomic mass is 10.2. The summed E-state index contributed by atoms with van der Waals surface area (Å²) in [4.78, 5) is 16.7. The molecular formula is C26H24N4O2. The quantitative estimate of drug-likeness (QED) is 0.418. The number of rotatable bonds is 7. The van der Waals surface area contributed by atoms with Gasteiger partial charge in [-0.25, -0.2) is 4.68 Å². The van der Waals surface area contributed by atoms with Gasteiger partial charge >= 0.3 is 0 Å². The molecule has 32 heavy (non-hydrogen) atoms. The highest BCUT2D eigenvalue weighted by Gasteiger charge is 2.14. The number of hydrogen-bond donors (Lipinski definition) is 1. The number of hydrogen-bond acceptors (Lipinski definition) is 4. The lowest BCUT2D eigenvalue weighted by Gasteiger charge is -2.06. The average Bonchev–Trinajstić information content (AvgIpc) is 3.11. The molecule has 6 heteroatoms. The van der Waals surface area contributed by atoms with Crippen molar-refractivity contribution in [2.24, 2.45) is 0 Å². The molecule has 0 unspecified atom stereocenters. The largest absolute Gasteiger partial charge is 0.487 e. The number of pyridine rings is 1. The Bertz CT molecular complexity index is 1210. The van der Waals surface area contributed by atoms with Gasteiger partial charge in [-0.15, -0.1) is 0 Å². The van der Waals surface area contributed by atoms with E-state index in [9.17, 15) is 4.79 Å². The molecular weight excluding hydrogens is 400 g/mol. The Kier molecular flexibility index (Phi) is 6.41. The normalized spacial score (nSPS) is 10.9. The zero-order valence-electron chi connectivity index (χ0n) is 18.0. The van der Waals surface area contributed by atoms with E-state index in [4.69, 9.17) is 4.74 Å². The fourth-order valence-electron chi connectivity index (χ4n) is 3.30. The molecule has 2 heterocycles. The van der Waals surface area contributed by atoms with Crippen LogP contribution >= 0.6 is 0 Å². The van der Waals surface area contributed by atoms with Crippen LogP contribution in [0.2, 0.25) is 0 Å². The molecule has 4 rings (SSSR count). The second-order valence-electron chi connectivity index (χ2n) is 7.29. The third kappa shape index (κ3) is 5.10. The predicted octanol–water partition coefficient (Wildman–Crippen LogP) is 5.12. The number of nitrogens with zero attached hydrogens (tertiary/aromatic N) is 3. The van der Waals surface area contributed by atoms with Crippen LogP contribution in [-0.2, 0) is 11.4 Å². The summed E-state index contributed by atoms with van der Waals surface area (Å²) in [6.07, 6.45) is 5.03. The molecule has 2 aromatic heterocycles. The van der Waals surface area contributed by atoms with E-state index in [1.54, 1.807) is 12.3 Å². The van der Waals surface area contributed by atoms with Crippen LogP contribution in [0.5, 0.6) is 5.75 Å². The Balaban J connectivity index is 1.37. The van der Waals surface area contributed by atoms with Crippen LogP contribution in [0.15, 0.2) is 85.1 Å². The monoisotopic (exact) mass is 424 g/mol. The van der Waals surface area contributed by atoms with E-state index in [1.807, 2.05) is 91.3 Å². The Hall–Kier alpha value is -4.19. The fourth-order valence-corrected chi connectivity index (χ4v) is 3.30. The Morgan fingerprint density at radius 2 is 1.75 bits per heavy atom. The van der Waals surface area contributed by atoms with Crippen LogP contribution in [0.3, 0.4) is 0 Å². The van der Waals surface area contributed by atoms with E-state index in [0.29, 0.717) is 6.61 Å². The van der Waals surface area contributed by atoms with E-state index in [-0.39, 0.29) is 5.91 Å². The van der Waals surface area contributed by atoms with Gasteiger partial charge in [0, 0.05) is 12.3 Å². The summed E-state index contributed by atoms with van der Waals surface area (Å²) in [7, 11) is 0. The van der Waals surface area contributed by atoms with Crippen LogP contribution in [0.25, 0.3) is 11.8 Å². The second-order valence-corrected chi connectivity index (χ2v) is 7.29. The Morgan fingerprint density at radius 1 is 1.00 bits per heavy atom. The number of carbonyl (C=O) groups excluding carboxylic acids is 1. The van der Waals surface area contributed by atoms with Crippen molar-refractivity contribution >= 4 is 17.7 Å². The molecule has 2 aromatic carbocycles. The van der Waals surface area contributed by atoms with Crippen LogP contribution in [0, 0.1) is 13.8 Å². The lowest BCUT2D eigenvalue weighted by molar-refractivity contribution is -0.111. The maximum absolute atomic E-state index is 12.5. The molecule has 0 aliphatic heterocycles. The minimum atomic E-state index is -0.209. The first-order chi connectivity index (χ1) is 15.6. The fraction of sp³-hybridized carbons (Fsp3) is 0.115. The van der Waals surface area contributed by atoms with Gasteiger partial charge in [-0.2, -0.15) is 5.10 Å². The summed E-state index contributed by atoms with van der Waals surface area (Å²) in [5, 5.41) is 7.51. The molecule has 0 saturated heterocycles. The van der Waals surface area contributed by atoms with Gasteiger partial charge in [-0.1, -0.05) is 36.4 Å². The summed E-state index contributed by atoms with van der Waals surface area (Å²) in [5.74, 6) is 0.538.